The Hall–Kier alpha value is -0.0400. The molecule has 0 bridgehead atoms. The maximum atomic E-state index is 9.92. The van der Waals surface area contributed by atoms with Gasteiger partial charge in [0, 0.05) is 0 Å². The Morgan fingerprint density at radius 2 is 1.71 bits per heavy atom. The van der Waals surface area contributed by atoms with Crippen LogP contribution in [0.2, 0.25) is 0 Å². The van der Waals surface area contributed by atoms with Gasteiger partial charge in [-0.2, -0.15) is 0 Å². The summed E-state index contributed by atoms with van der Waals surface area (Å²) < 4.78 is 0. The molecule has 2 rings (SSSR count). The molecule has 0 aromatic heterocycles. The van der Waals surface area contributed by atoms with Crippen molar-refractivity contribution in [3.05, 3.63) is 0 Å². The van der Waals surface area contributed by atoms with Crippen molar-refractivity contribution in [3.63, 3.8) is 0 Å². The summed E-state index contributed by atoms with van der Waals surface area (Å²) >= 11 is 0. The van der Waals surface area contributed by atoms with E-state index in [1.54, 1.807) is 0 Å². The molecule has 1 N–H and O–H groups in total. The van der Waals surface area contributed by atoms with Gasteiger partial charge in [0.05, 0.1) is 6.10 Å². The molecule has 0 spiro atoms. The molecular weight excluding hydrogens is 172 g/mol. The van der Waals surface area contributed by atoms with Crippen molar-refractivity contribution in [2.75, 3.05) is 0 Å². The number of hydrogen-bond acceptors (Lipinski definition) is 1. The molecule has 0 aliphatic heterocycles. The molecule has 0 aromatic carbocycles. The Bertz CT molecular complexity index is 174. The van der Waals surface area contributed by atoms with Gasteiger partial charge in [0.25, 0.3) is 0 Å². The van der Waals surface area contributed by atoms with Crippen LogP contribution in [0.5, 0.6) is 0 Å². The van der Waals surface area contributed by atoms with Gasteiger partial charge >= 0.3 is 0 Å². The molecule has 2 fully saturated rings. The van der Waals surface area contributed by atoms with Crippen LogP contribution in [0.1, 0.15) is 58.3 Å². The fraction of sp³-hybridized carbons (Fsp3) is 1.00. The summed E-state index contributed by atoms with van der Waals surface area (Å²) in [4.78, 5) is 0. The molecule has 0 aromatic rings. The van der Waals surface area contributed by atoms with Crippen LogP contribution < -0.4 is 0 Å². The summed E-state index contributed by atoms with van der Waals surface area (Å²) in [6, 6.07) is 0. The van der Waals surface area contributed by atoms with Gasteiger partial charge in [0.2, 0.25) is 0 Å². The van der Waals surface area contributed by atoms with Crippen LogP contribution in [0.15, 0.2) is 0 Å². The number of aliphatic hydroxyl groups excluding tert-OH is 1. The first-order valence-electron chi connectivity index (χ1n) is 6.47. The third-order valence-corrected chi connectivity index (χ3v) is 4.27. The molecule has 1 heteroatoms. The van der Waals surface area contributed by atoms with E-state index >= 15 is 0 Å². The van der Waals surface area contributed by atoms with Crippen molar-refractivity contribution in [1.82, 2.24) is 0 Å². The van der Waals surface area contributed by atoms with E-state index in [9.17, 15) is 5.11 Å². The second kappa shape index (κ2) is 4.65. The molecule has 0 amide bonds. The van der Waals surface area contributed by atoms with Crippen LogP contribution in [0.3, 0.4) is 0 Å². The first kappa shape index (κ1) is 10.5. The van der Waals surface area contributed by atoms with Gasteiger partial charge < -0.3 is 5.11 Å². The van der Waals surface area contributed by atoms with Crippen LogP contribution >= 0.6 is 0 Å². The summed E-state index contributed by atoms with van der Waals surface area (Å²) in [6.07, 6.45) is 10.6. The SMILES string of the molecule is CCC1CCC(O)C(CCC2CC2)C1. The minimum absolute atomic E-state index is 0.0246. The lowest BCUT2D eigenvalue weighted by molar-refractivity contribution is 0.0413. The molecular formula is C13H24O. The minimum Gasteiger partial charge on any atom is -0.393 e. The molecule has 2 saturated carbocycles. The van der Waals surface area contributed by atoms with Gasteiger partial charge in [-0.05, 0) is 43.4 Å². The monoisotopic (exact) mass is 196 g/mol. The van der Waals surface area contributed by atoms with Gasteiger partial charge in [-0.15, -0.1) is 0 Å². The minimum atomic E-state index is 0.0246. The van der Waals surface area contributed by atoms with Gasteiger partial charge in [-0.3, -0.25) is 0 Å². The Morgan fingerprint density at radius 1 is 1.00 bits per heavy atom. The van der Waals surface area contributed by atoms with Crippen molar-refractivity contribution < 1.29 is 5.11 Å². The fourth-order valence-electron chi connectivity index (χ4n) is 2.88. The lowest BCUT2D eigenvalue weighted by Gasteiger charge is -2.33. The van der Waals surface area contributed by atoms with E-state index in [1.165, 1.54) is 44.9 Å². The lowest BCUT2D eigenvalue weighted by atomic mass is 9.76. The van der Waals surface area contributed by atoms with Crippen molar-refractivity contribution >= 4 is 0 Å². The van der Waals surface area contributed by atoms with Gasteiger partial charge in [0.1, 0.15) is 0 Å². The summed E-state index contributed by atoms with van der Waals surface area (Å²) in [5.74, 6) is 2.57. The molecule has 1 nitrogen and oxygen atoms in total. The predicted molar refractivity (Wildman–Crippen MR) is 59.1 cm³/mol. The van der Waals surface area contributed by atoms with Crippen LogP contribution in [0.25, 0.3) is 0 Å². The second-order valence-corrected chi connectivity index (χ2v) is 5.44. The Labute approximate surface area is 87.9 Å². The largest absolute Gasteiger partial charge is 0.393 e. The van der Waals surface area contributed by atoms with Crippen molar-refractivity contribution in [2.45, 2.75) is 64.4 Å². The summed E-state index contributed by atoms with van der Waals surface area (Å²) in [7, 11) is 0. The third kappa shape index (κ3) is 2.73. The van der Waals surface area contributed by atoms with E-state index in [1.807, 2.05) is 0 Å². The standard InChI is InChI=1S/C13H24O/c1-2-10-6-8-13(14)12(9-10)7-5-11-3-4-11/h10-14H,2-9H2,1H3. The molecule has 2 aliphatic rings. The average Bonchev–Trinajstić information content (AvgIpc) is 3.00. The molecule has 82 valence electrons. The zero-order chi connectivity index (χ0) is 9.97. The van der Waals surface area contributed by atoms with E-state index in [0.29, 0.717) is 5.92 Å². The predicted octanol–water partition coefficient (Wildman–Crippen LogP) is 3.36. The Balaban J connectivity index is 1.74. The quantitative estimate of drug-likeness (QED) is 0.731. The van der Waals surface area contributed by atoms with Crippen LogP contribution in [-0.4, -0.2) is 11.2 Å². The van der Waals surface area contributed by atoms with E-state index in [4.69, 9.17) is 0 Å². The highest BCUT2D eigenvalue weighted by Crippen LogP contribution is 2.39. The highest BCUT2D eigenvalue weighted by molar-refractivity contribution is 4.82. The summed E-state index contributed by atoms with van der Waals surface area (Å²) in [6.45, 7) is 2.29. The van der Waals surface area contributed by atoms with E-state index < -0.39 is 0 Å². The van der Waals surface area contributed by atoms with Crippen LogP contribution in [-0.2, 0) is 0 Å². The fourth-order valence-corrected chi connectivity index (χ4v) is 2.88. The summed E-state index contributed by atoms with van der Waals surface area (Å²) in [5, 5.41) is 9.92. The number of hydrogen-bond donors (Lipinski definition) is 1. The van der Waals surface area contributed by atoms with Gasteiger partial charge in [-0.1, -0.05) is 32.6 Å². The second-order valence-electron chi connectivity index (χ2n) is 5.44. The zero-order valence-corrected chi connectivity index (χ0v) is 9.41. The smallest absolute Gasteiger partial charge is 0.0568 e. The molecule has 14 heavy (non-hydrogen) atoms. The summed E-state index contributed by atoms with van der Waals surface area (Å²) in [5.41, 5.74) is 0. The molecule has 2 aliphatic carbocycles. The van der Waals surface area contributed by atoms with Crippen LogP contribution in [0.4, 0.5) is 0 Å². The maximum Gasteiger partial charge on any atom is 0.0568 e. The molecule has 0 radical (unpaired) electrons. The van der Waals surface area contributed by atoms with Gasteiger partial charge in [-0.25, -0.2) is 0 Å². The van der Waals surface area contributed by atoms with Crippen molar-refractivity contribution in [2.24, 2.45) is 17.8 Å². The Kier molecular flexibility index (Phi) is 3.48. The first-order chi connectivity index (χ1) is 6.79. The topological polar surface area (TPSA) is 20.2 Å². The number of rotatable bonds is 4. The lowest BCUT2D eigenvalue weighted by Crippen LogP contribution is -2.29. The maximum absolute atomic E-state index is 9.92. The molecule has 3 unspecified atom stereocenters. The normalized spacial score (nSPS) is 38.6. The first-order valence-corrected chi connectivity index (χ1v) is 6.47. The van der Waals surface area contributed by atoms with E-state index in [2.05, 4.69) is 6.92 Å². The van der Waals surface area contributed by atoms with Gasteiger partial charge in [0.15, 0.2) is 0 Å². The van der Waals surface area contributed by atoms with Crippen molar-refractivity contribution in [3.8, 4) is 0 Å². The zero-order valence-electron chi connectivity index (χ0n) is 9.41. The third-order valence-electron chi connectivity index (χ3n) is 4.27. The van der Waals surface area contributed by atoms with Crippen molar-refractivity contribution in [1.29, 1.82) is 0 Å². The highest BCUT2D eigenvalue weighted by Gasteiger charge is 2.30. The molecule has 3 atom stereocenters. The highest BCUT2D eigenvalue weighted by atomic mass is 16.3. The molecule has 0 saturated heterocycles. The average molecular weight is 196 g/mol. The van der Waals surface area contributed by atoms with E-state index in [0.717, 1.165) is 18.3 Å². The van der Waals surface area contributed by atoms with E-state index in [-0.39, 0.29) is 6.10 Å². The van der Waals surface area contributed by atoms with Crippen LogP contribution in [0, 0.1) is 17.8 Å². The Morgan fingerprint density at radius 3 is 2.36 bits per heavy atom. The molecule has 0 heterocycles. The number of aliphatic hydroxyl groups is 1.